The number of rotatable bonds is 10. The molecule has 1 aliphatic heterocycles. The molecule has 1 aromatic rings. The van der Waals surface area contributed by atoms with Gasteiger partial charge in [-0.1, -0.05) is 6.07 Å². The normalized spacial score (nSPS) is 16.9. The van der Waals surface area contributed by atoms with Gasteiger partial charge in [-0.05, 0) is 25.0 Å². The summed E-state index contributed by atoms with van der Waals surface area (Å²) in [6.45, 7) is 0.923. The molecule has 0 saturated carbocycles. The van der Waals surface area contributed by atoms with E-state index in [1.807, 2.05) is 0 Å². The Morgan fingerprint density at radius 1 is 0.824 bits per heavy atom. The van der Waals surface area contributed by atoms with Crippen LogP contribution in [-0.2, 0) is 32.3 Å². The first-order valence-corrected chi connectivity index (χ1v) is 10.7. The van der Waals surface area contributed by atoms with Gasteiger partial charge in [0.15, 0.2) is 0 Å². The van der Waals surface area contributed by atoms with E-state index in [4.69, 9.17) is 5.11 Å². The molecular weight excluding hydrogens is 594 g/mol. The smallest absolute Gasteiger partial charge is 0.320 e. The minimum atomic E-state index is -1.10. The molecule has 2 bridgehead atoms. The predicted octanol–water partition coefficient (Wildman–Crippen LogP) is -0.121. The van der Waals surface area contributed by atoms with E-state index in [0.29, 0.717) is 11.4 Å². The Labute approximate surface area is 229 Å². The molecule has 4 N–H and O–H groups in total. The van der Waals surface area contributed by atoms with Gasteiger partial charge in [0.1, 0.15) is 6.04 Å². The average molecular weight is 624 g/mol. The molecular formula is C21H30GdN4O8. The van der Waals surface area contributed by atoms with Gasteiger partial charge >= 0.3 is 23.9 Å². The summed E-state index contributed by atoms with van der Waals surface area (Å²) in [5.74, 6) is -4.15. The fourth-order valence-electron chi connectivity index (χ4n) is 3.85. The van der Waals surface area contributed by atoms with Gasteiger partial charge in [0, 0.05) is 85.6 Å². The van der Waals surface area contributed by atoms with E-state index in [0.717, 1.165) is 0 Å². The number of aliphatic carboxylic acids is 4. The van der Waals surface area contributed by atoms with Crippen LogP contribution in [0.1, 0.15) is 30.7 Å². The van der Waals surface area contributed by atoms with Crippen molar-refractivity contribution >= 4 is 23.9 Å². The first-order chi connectivity index (χ1) is 15.6. The van der Waals surface area contributed by atoms with Crippen LogP contribution in [0.5, 0.6) is 0 Å². The van der Waals surface area contributed by atoms with Crippen LogP contribution in [0.2, 0.25) is 0 Å². The Kier molecular flexibility index (Phi) is 13.6. The van der Waals surface area contributed by atoms with Crippen molar-refractivity contribution in [1.29, 1.82) is 0 Å². The number of carboxylic acids is 4. The zero-order valence-electron chi connectivity index (χ0n) is 18.7. The number of nitrogens with zero attached hydrogens (tertiary/aromatic N) is 4. The van der Waals surface area contributed by atoms with Crippen molar-refractivity contribution in [2.45, 2.75) is 38.4 Å². The molecule has 2 heterocycles. The van der Waals surface area contributed by atoms with Crippen LogP contribution in [0.3, 0.4) is 0 Å². The SMILES string of the molecule is O=C(O)CCCC(C(=O)O)N1CCN(CC(=O)O)Cc2cccc(n2)CN(CC(=O)O)CC1.[Gd]. The maximum atomic E-state index is 12.0. The zero-order valence-corrected chi connectivity index (χ0v) is 20.9. The Hall–Kier alpha value is -1.77. The van der Waals surface area contributed by atoms with E-state index in [1.54, 1.807) is 32.9 Å². The molecule has 0 amide bonds. The molecule has 12 nitrogen and oxygen atoms in total. The second-order valence-corrected chi connectivity index (χ2v) is 8.01. The van der Waals surface area contributed by atoms with Crippen molar-refractivity contribution in [3.05, 3.63) is 29.6 Å². The second kappa shape index (κ2) is 15.3. The van der Waals surface area contributed by atoms with Crippen LogP contribution >= 0.6 is 0 Å². The number of fused-ring (bicyclic) bond motifs is 2. The summed E-state index contributed by atoms with van der Waals surface area (Å²) in [6.07, 6.45) is 0.128. The minimum Gasteiger partial charge on any atom is -0.481 e. The summed E-state index contributed by atoms with van der Waals surface area (Å²) in [4.78, 5) is 55.1. The standard InChI is InChI=1S/C21H30N4O8.Gd/c26-18(27)6-2-5-17(21(32)33)25-9-7-23(13-19(28)29)11-15-3-1-4-16(22-15)12-24(8-10-25)14-20(30)31;/h1,3-4,17H,2,5-14H2,(H,26,27)(H,28,29)(H,30,31)(H,32,33);. The van der Waals surface area contributed by atoms with Crippen molar-refractivity contribution < 1.29 is 79.5 Å². The summed E-state index contributed by atoms with van der Waals surface area (Å²) in [7, 11) is 0. The van der Waals surface area contributed by atoms with E-state index in [2.05, 4.69) is 4.98 Å². The maximum absolute atomic E-state index is 12.0. The van der Waals surface area contributed by atoms with Gasteiger partial charge in [-0.3, -0.25) is 38.9 Å². The van der Waals surface area contributed by atoms with E-state index in [-0.39, 0.29) is 112 Å². The third-order valence-electron chi connectivity index (χ3n) is 5.35. The molecule has 34 heavy (non-hydrogen) atoms. The second-order valence-electron chi connectivity index (χ2n) is 8.01. The summed E-state index contributed by atoms with van der Waals surface area (Å²) >= 11 is 0. The zero-order chi connectivity index (χ0) is 24.4. The van der Waals surface area contributed by atoms with Crippen LogP contribution in [-0.4, -0.2) is 109 Å². The average Bonchev–Trinajstić information content (AvgIpc) is 2.70. The van der Waals surface area contributed by atoms with Crippen LogP contribution in [0.15, 0.2) is 18.2 Å². The van der Waals surface area contributed by atoms with Crippen molar-refractivity contribution in [1.82, 2.24) is 19.7 Å². The molecule has 1 aromatic heterocycles. The number of pyridine rings is 1. The fraction of sp³-hybridized carbons (Fsp3) is 0.571. The molecule has 13 heteroatoms. The van der Waals surface area contributed by atoms with E-state index >= 15 is 0 Å². The van der Waals surface area contributed by atoms with Gasteiger partial charge in [0.2, 0.25) is 0 Å². The summed E-state index contributed by atoms with van der Waals surface area (Å²) in [5.41, 5.74) is 1.26. The van der Waals surface area contributed by atoms with Crippen LogP contribution in [0.25, 0.3) is 0 Å². The van der Waals surface area contributed by atoms with Gasteiger partial charge in [0.25, 0.3) is 0 Å². The summed E-state index contributed by atoms with van der Waals surface area (Å²) in [6, 6.07) is 4.34. The Balaban J connectivity index is 0.00000578. The summed E-state index contributed by atoms with van der Waals surface area (Å²) in [5, 5.41) is 37.3. The predicted molar refractivity (Wildman–Crippen MR) is 115 cm³/mol. The van der Waals surface area contributed by atoms with Gasteiger partial charge in [-0.15, -0.1) is 0 Å². The molecule has 1 unspecified atom stereocenters. The fourth-order valence-corrected chi connectivity index (χ4v) is 3.85. The van der Waals surface area contributed by atoms with E-state index in [1.165, 1.54) is 0 Å². The van der Waals surface area contributed by atoms with Gasteiger partial charge in [-0.25, -0.2) is 0 Å². The Morgan fingerprint density at radius 2 is 1.32 bits per heavy atom. The molecule has 1 atom stereocenters. The molecule has 0 spiro atoms. The minimum absolute atomic E-state index is 0. The first-order valence-electron chi connectivity index (χ1n) is 10.7. The van der Waals surface area contributed by atoms with Crippen LogP contribution in [0.4, 0.5) is 0 Å². The quantitative estimate of drug-likeness (QED) is 0.273. The third kappa shape index (κ3) is 11.1. The monoisotopic (exact) mass is 624 g/mol. The molecule has 0 saturated heterocycles. The first kappa shape index (κ1) is 30.3. The van der Waals surface area contributed by atoms with Gasteiger partial charge in [0.05, 0.1) is 24.5 Å². The van der Waals surface area contributed by atoms with Crippen LogP contribution < -0.4 is 0 Å². The topological polar surface area (TPSA) is 172 Å². The molecule has 0 aliphatic carbocycles. The Morgan fingerprint density at radius 3 is 1.74 bits per heavy atom. The van der Waals surface area contributed by atoms with Gasteiger partial charge < -0.3 is 20.4 Å². The van der Waals surface area contributed by atoms with Gasteiger partial charge in [-0.2, -0.15) is 0 Å². The van der Waals surface area contributed by atoms with E-state index in [9.17, 15) is 34.5 Å². The number of carbonyl (C=O) groups is 4. The molecule has 2 rings (SSSR count). The van der Waals surface area contributed by atoms with Crippen molar-refractivity contribution in [2.24, 2.45) is 0 Å². The molecule has 1 aliphatic rings. The number of hydrogen-bond donors (Lipinski definition) is 4. The van der Waals surface area contributed by atoms with Crippen molar-refractivity contribution in [3.63, 3.8) is 0 Å². The van der Waals surface area contributed by atoms with Crippen molar-refractivity contribution in [3.8, 4) is 0 Å². The number of carboxylic acid groups (broad SMARTS) is 4. The molecule has 190 valence electrons. The maximum Gasteiger partial charge on any atom is 0.320 e. The number of hydrogen-bond acceptors (Lipinski definition) is 8. The third-order valence-corrected chi connectivity index (χ3v) is 5.35. The molecule has 0 radical (unpaired) electrons. The van der Waals surface area contributed by atoms with Crippen molar-refractivity contribution in [2.75, 3.05) is 39.3 Å². The summed E-state index contributed by atoms with van der Waals surface area (Å²) < 4.78 is 0. The number of aromatic nitrogens is 1. The largest absolute Gasteiger partial charge is 0.481 e. The van der Waals surface area contributed by atoms with E-state index < -0.39 is 29.9 Å². The molecule has 0 aromatic carbocycles. The van der Waals surface area contributed by atoms with Crippen LogP contribution in [0, 0.1) is 39.9 Å². The molecule has 0 fully saturated rings. The Bertz CT molecular complexity index is 811.